The number of methoxy groups -OCH3 is 1. The molecule has 1 N–H and O–H groups in total. The molecule has 0 saturated heterocycles. The minimum absolute atomic E-state index is 0.0270. The molecule has 39 heavy (non-hydrogen) atoms. The molecule has 2 heterocycles. The maximum atomic E-state index is 13.8. The molecular formula is C26H21BrCl2N2O7S. The highest BCUT2D eigenvalue weighted by atomic mass is 79.9. The van der Waals surface area contributed by atoms with Gasteiger partial charge < -0.3 is 19.3 Å². The highest BCUT2D eigenvalue weighted by Gasteiger charge is 2.33. The minimum atomic E-state index is -1.18. The lowest BCUT2D eigenvalue weighted by Gasteiger charge is -2.25. The number of nitrogens with zero attached hydrogens (tertiary/aromatic N) is 2. The van der Waals surface area contributed by atoms with Crippen LogP contribution in [0.2, 0.25) is 10.0 Å². The highest BCUT2D eigenvalue weighted by Crippen LogP contribution is 2.36. The second-order valence-electron chi connectivity index (χ2n) is 8.19. The lowest BCUT2D eigenvalue weighted by atomic mass is 9.96. The Bertz CT molecular complexity index is 1670. The highest BCUT2D eigenvalue weighted by molar-refractivity contribution is 9.10. The Balaban J connectivity index is 1.88. The normalized spacial score (nSPS) is 15.0. The van der Waals surface area contributed by atoms with Crippen molar-refractivity contribution in [2.75, 3.05) is 20.3 Å². The molecule has 3 aromatic rings. The smallest absolute Gasteiger partial charge is 0.341 e. The summed E-state index contributed by atoms with van der Waals surface area (Å²) in [5.41, 5.74) is 1.44. The van der Waals surface area contributed by atoms with Crippen LogP contribution in [-0.4, -0.2) is 41.9 Å². The number of rotatable bonds is 8. The van der Waals surface area contributed by atoms with E-state index < -0.39 is 24.6 Å². The summed E-state index contributed by atoms with van der Waals surface area (Å²) in [5, 5.41) is 9.03. The third kappa shape index (κ3) is 5.91. The van der Waals surface area contributed by atoms with Gasteiger partial charge in [0.15, 0.2) is 17.2 Å². The SMILES string of the molecule is CCOC(=O)C1=C(C)N=c2s/c(=C\c3cc(Cl)c(OCC(=O)O)c(Cl)c3)c(=O)n2[C@H]1c1ccc(OC)c(Br)c1. The Hall–Kier alpha value is -3.12. The molecule has 0 bridgehead atoms. The number of carboxylic acid groups (broad SMARTS) is 1. The molecule has 0 fully saturated rings. The number of allylic oxidation sites excluding steroid dienone is 1. The van der Waals surface area contributed by atoms with Crippen LogP contribution in [0.3, 0.4) is 0 Å². The van der Waals surface area contributed by atoms with E-state index in [0.717, 1.165) is 11.3 Å². The fraction of sp³-hybridized carbons (Fsp3) is 0.231. The van der Waals surface area contributed by atoms with Crippen molar-refractivity contribution in [2.45, 2.75) is 19.9 Å². The fourth-order valence-electron chi connectivity index (χ4n) is 4.05. The van der Waals surface area contributed by atoms with Crippen molar-refractivity contribution < 1.29 is 28.9 Å². The van der Waals surface area contributed by atoms with Crippen LogP contribution in [-0.2, 0) is 14.3 Å². The van der Waals surface area contributed by atoms with Crippen LogP contribution < -0.4 is 24.4 Å². The molecule has 1 aliphatic rings. The first kappa shape index (κ1) is 28.9. The van der Waals surface area contributed by atoms with Crippen molar-refractivity contribution in [1.82, 2.24) is 4.57 Å². The Morgan fingerprint density at radius 1 is 1.23 bits per heavy atom. The van der Waals surface area contributed by atoms with E-state index >= 15 is 0 Å². The van der Waals surface area contributed by atoms with Gasteiger partial charge in [-0.25, -0.2) is 14.6 Å². The topological polar surface area (TPSA) is 116 Å². The molecule has 0 amide bonds. The van der Waals surface area contributed by atoms with Gasteiger partial charge in [0.25, 0.3) is 5.56 Å². The number of halogens is 3. The van der Waals surface area contributed by atoms with Crippen molar-refractivity contribution in [3.05, 3.63) is 86.9 Å². The lowest BCUT2D eigenvalue weighted by molar-refractivity contribution is -0.140. The first-order valence-electron chi connectivity index (χ1n) is 11.4. The van der Waals surface area contributed by atoms with Crippen molar-refractivity contribution >= 4 is 68.5 Å². The fourth-order valence-corrected chi connectivity index (χ4v) is 6.26. The number of carbonyl (C=O) groups excluding carboxylic acids is 1. The molecule has 9 nitrogen and oxygen atoms in total. The minimum Gasteiger partial charge on any atom is -0.496 e. The van der Waals surface area contributed by atoms with Crippen LogP contribution >= 0.6 is 50.5 Å². The van der Waals surface area contributed by atoms with E-state index in [1.54, 1.807) is 45.2 Å². The Kier molecular flexibility index (Phi) is 8.85. The zero-order valence-electron chi connectivity index (χ0n) is 20.8. The average molecular weight is 656 g/mol. The number of benzene rings is 2. The lowest BCUT2D eigenvalue weighted by Crippen LogP contribution is -2.40. The van der Waals surface area contributed by atoms with E-state index in [4.69, 9.17) is 42.5 Å². The van der Waals surface area contributed by atoms with E-state index in [1.165, 1.54) is 16.7 Å². The maximum absolute atomic E-state index is 13.8. The molecule has 0 saturated carbocycles. The first-order valence-corrected chi connectivity index (χ1v) is 13.8. The number of hydrogen-bond donors (Lipinski definition) is 1. The largest absolute Gasteiger partial charge is 0.496 e. The summed E-state index contributed by atoms with van der Waals surface area (Å²) in [7, 11) is 1.54. The van der Waals surface area contributed by atoms with Gasteiger partial charge in [0.05, 0.1) is 50.1 Å². The molecule has 0 aliphatic carbocycles. The first-order chi connectivity index (χ1) is 18.5. The van der Waals surface area contributed by atoms with Gasteiger partial charge in [-0.3, -0.25) is 9.36 Å². The number of ether oxygens (including phenoxy) is 3. The van der Waals surface area contributed by atoms with Crippen molar-refractivity contribution in [3.63, 3.8) is 0 Å². The number of aromatic nitrogens is 1. The van der Waals surface area contributed by atoms with E-state index in [0.29, 0.717) is 36.4 Å². The zero-order chi connectivity index (χ0) is 28.4. The third-order valence-electron chi connectivity index (χ3n) is 5.67. The van der Waals surface area contributed by atoms with E-state index in [1.807, 2.05) is 0 Å². The second-order valence-corrected chi connectivity index (χ2v) is 10.9. The molecule has 13 heteroatoms. The summed E-state index contributed by atoms with van der Waals surface area (Å²) in [5.74, 6) is -1.13. The Morgan fingerprint density at radius 2 is 1.92 bits per heavy atom. The van der Waals surface area contributed by atoms with Crippen LogP contribution in [0.15, 0.2) is 55.9 Å². The summed E-state index contributed by atoms with van der Waals surface area (Å²) in [6, 6.07) is 7.52. The van der Waals surface area contributed by atoms with Crippen molar-refractivity contribution in [1.29, 1.82) is 0 Å². The van der Waals surface area contributed by atoms with E-state index in [-0.39, 0.29) is 33.5 Å². The number of esters is 1. The van der Waals surface area contributed by atoms with Crippen molar-refractivity contribution in [2.24, 2.45) is 4.99 Å². The van der Waals surface area contributed by atoms with E-state index in [2.05, 4.69) is 20.9 Å². The number of aliphatic carboxylic acids is 1. The number of carboxylic acids is 1. The second kappa shape index (κ2) is 12.0. The van der Waals surface area contributed by atoms with Gasteiger partial charge >= 0.3 is 11.9 Å². The summed E-state index contributed by atoms with van der Waals surface area (Å²) in [4.78, 5) is 42.6. The zero-order valence-corrected chi connectivity index (χ0v) is 24.7. The molecule has 0 radical (unpaired) electrons. The predicted octanol–water partition coefficient (Wildman–Crippen LogP) is 4.34. The summed E-state index contributed by atoms with van der Waals surface area (Å²) >= 11 is 17.2. The van der Waals surface area contributed by atoms with Crippen LogP contribution in [0.5, 0.6) is 11.5 Å². The van der Waals surface area contributed by atoms with Crippen molar-refractivity contribution in [3.8, 4) is 11.5 Å². The van der Waals surface area contributed by atoms with Gasteiger partial charge in [0.1, 0.15) is 5.75 Å². The number of hydrogen-bond acceptors (Lipinski definition) is 8. The third-order valence-corrected chi connectivity index (χ3v) is 7.83. The van der Waals surface area contributed by atoms with Gasteiger partial charge in [-0.2, -0.15) is 0 Å². The Labute approximate surface area is 244 Å². The van der Waals surface area contributed by atoms with Crippen LogP contribution in [0, 0.1) is 0 Å². The molecule has 204 valence electrons. The van der Waals surface area contributed by atoms with Crippen LogP contribution in [0.4, 0.5) is 0 Å². The van der Waals surface area contributed by atoms with Gasteiger partial charge in [-0.05, 0) is 71.2 Å². The molecule has 1 atom stereocenters. The van der Waals surface area contributed by atoms with E-state index in [9.17, 15) is 14.4 Å². The number of carbonyl (C=O) groups is 2. The Morgan fingerprint density at radius 3 is 2.51 bits per heavy atom. The summed E-state index contributed by atoms with van der Waals surface area (Å²) < 4.78 is 18.2. The van der Waals surface area contributed by atoms with Crippen LogP contribution in [0.25, 0.3) is 6.08 Å². The average Bonchev–Trinajstić information content (AvgIpc) is 3.16. The number of fused-ring (bicyclic) bond motifs is 1. The standard InChI is InChI=1S/C26H21BrCl2N2O7S/c1-4-37-25(35)21-12(2)30-26-31(22(21)14-5-6-18(36-3)15(27)10-14)24(34)19(39-26)9-13-7-16(28)23(17(29)8-13)38-11-20(32)33/h5-10,22H,4,11H2,1-3H3,(H,32,33)/b19-9-/t22-/m0/s1. The van der Waals surface area contributed by atoms with Gasteiger partial charge in [-0.1, -0.05) is 40.6 Å². The quantitative estimate of drug-likeness (QED) is 0.359. The summed E-state index contributed by atoms with van der Waals surface area (Å²) in [6.07, 6.45) is 1.59. The molecule has 1 aromatic heterocycles. The van der Waals surface area contributed by atoms with Crippen LogP contribution in [0.1, 0.15) is 31.0 Å². The maximum Gasteiger partial charge on any atom is 0.341 e. The van der Waals surface area contributed by atoms with Gasteiger partial charge in [-0.15, -0.1) is 0 Å². The predicted molar refractivity (Wildman–Crippen MR) is 151 cm³/mol. The van der Waals surface area contributed by atoms with Gasteiger partial charge in [0.2, 0.25) is 0 Å². The molecule has 1 aliphatic heterocycles. The van der Waals surface area contributed by atoms with Gasteiger partial charge in [0, 0.05) is 0 Å². The molecule has 0 spiro atoms. The molecular weight excluding hydrogens is 635 g/mol. The monoisotopic (exact) mass is 654 g/mol. The number of thiazole rings is 1. The molecule has 0 unspecified atom stereocenters. The summed E-state index contributed by atoms with van der Waals surface area (Å²) in [6.45, 7) is 2.95. The molecule has 4 rings (SSSR count). The molecule has 2 aromatic carbocycles.